The number of benzene rings is 1. The van der Waals surface area contributed by atoms with E-state index in [2.05, 4.69) is 44.6 Å². The van der Waals surface area contributed by atoms with Crippen molar-refractivity contribution in [2.75, 3.05) is 11.4 Å². The number of fused-ring (bicyclic) bond motifs is 1. The normalized spacial score (nSPS) is 22.4. The fourth-order valence-electron chi connectivity index (χ4n) is 2.93. The van der Waals surface area contributed by atoms with Gasteiger partial charge in [-0.1, -0.05) is 18.5 Å². The fraction of sp³-hybridized carbons (Fsp3) is 0.467. The second-order valence-electron chi connectivity index (χ2n) is 5.88. The highest BCUT2D eigenvalue weighted by Crippen LogP contribution is 2.37. The minimum absolute atomic E-state index is 0.0426. The van der Waals surface area contributed by atoms with Crippen molar-refractivity contribution in [3.63, 3.8) is 0 Å². The van der Waals surface area contributed by atoms with E-state index in [-0.39, 0.29) is 15.3 Å². The quantitative estimate of drug-likeness (QED) is 0.464. The largest absolute Gasteiger partial charge is 0.353 e. The van der Waals surface area contributed by atoms with Gasteiger partial charge in [0.2, 0.25) is 5.28 Å². The topological polar surface area (TPSA) is 29.0 Å². The zero-order chi connectivity index (χ0) is 16.0. The lowest BCUT2D eigenvalue weighted by atomic mass is 9.95. The van der Waals surface area contributed by atoms with Crippen LogP contribution in [0.1, 0.15) is 26.7 Å². The van der Waals surface area contributed by atoms with Gasteiger partial charge in [0.25, 0.3) is 0 Å². The summed E-state index contributed by atoms with van der Waals surface area (Å²) in [5, 5.41) is 0.937. The number of hydrogen-bond acceptors (Lipinski definition) is 3. The van der Waals surface area contributed by atoms with Crippen LogP contribution in [0.25, 0.3) is 10.9 Å². The first kappa shape index (κ1) is 16.2. The molecule has 0 spiro atoms. The van der Waals surface area contributed by atoms with Crippen molar-refractivity contribution >= 4 is 55.9 Å². The maximum absolute atomic E-state index is 14.5. The van der Waals surface area contributed by atoms with Gasteiger partial charge < -0.3 is 4.90 Å². The highest BCUT2D eigenvalue weighted by molar-refractivity contribution is 9.10. The number of hydrogen-bond donors (Lipinski definition) is 0. The molecule has 2 aromatic rings. The molecule has 22 heavy (non-hydrogen) atoms. The molecule has 0 amide bonds. The van der Waals surface area contributed by atoms with Crippen molar-refractivity contribution in [2.24, 2.45) is 5.92 Å². The monoisotopic (exact) mass is 405 g/mol. The van der Waals surface area contributed by atoms with Gasteiger partial charge in [-0.2, -0.15) is 4.98 Å². The van der Waals surface area contributed by atoms with Crippen LogP contribution in [0.4, 0.5) is 10.2 Å². The van der Waals surface area contributed by atoms with E-state index in [1.54, 1.807) is 6.07 Å². The van der Waals surface area contributed by atoms with Crippen LogP contribution < -0.4 is 4.90 Å². The molecule has 1 fully saturated rings. The summed E-state index contributed by atoms with van der Waals surface area (Å²) in [5.41, 5.74) is 0.191. The third-order valence-corrected chi connectivity index (χ3v) is 5.64. The van der Waals surface area contributed by atoms with E-state index >= 15 is 0 Å². The molecule has 1 aliphatic heterocycles. The summed E-state index contributed by atoms with van der Waals surface area (Å²) in [6, 6.07) is 2.01. The molecule has 0 bridgehead atoms. The maximum Gasteiger partial charge on any atom is 0.225 e. The lowest BCUT2D eigenvalue weighted by molar-refractivity contribution is 0.389. The Hall–Kier alpha value is -0.650. The predicted molar refractivity (Wildman–Crippen MR) is 92.4 cm³/mol. The Morgan fingerprint density at radius 3 is 2.73 bits per heavy atom. The summed E-state index contributed by atoms with van der Waals surface area (Å²) in [6.45, 7) is 5.21. The Labute approximate surface area is 147 Å². The molecule has 3 rings (SSSR count). The molecule has 0 radical (unpaired) electrons. The second kappa shape index (κ2) is 6.10. The van der Waals surface area contributed by atoms with Gasteiger partial charge in [-0.25, -0.2) is 9.37 Å². The second-order valence-corrected chi connectivity index (χ2v) is 7.42. The molecule has 1 saturated heterocycles. The van der Waals surface area contributed by atoms with Crippen LogP contribution in [0, 0.1) is 11.7 Å². The lowest BCUT2D eigenvalue weighted by Crippen LogP contribution is -2.41. The van der Waals surface area contributed by atoms with Gasteiger partial charge >= 0.3 is 0 Å². The fourth-order valence-corrected chi connectivity index (χ4v) is 3.59. The standard InChI is InChI=1S/C15H15BrCl2FN3/c1-7-3-4-8(2)22(6-7)14-9-5-10(17)11(16)12(19)13(9)20-15(18)21-14/h5,7-8H,3-4,6H2,1-2H3/t7-,8-/m0/s1. The zero-order valence-electron chi connectivity index (χ0n) is 12.2. The molecule has 1 aliphatic rings. The van der Waals surface area contributed by atoms with Gasteiger partial charge in [-0.15, -0.1) is 0 Å². The number of nitrogens with zero attached hydrogens (tertiary/aromatic N) is 3. The molecule has 3 nitrogen and oxygen atoms in total. The number of rotatable bonds is 1. The third-order valence-electron chi connectivity index (χ3n) is 4.17. The average molecular weight is 407 g/mol. The first-order valence-electron chi connectivity index (χ1n) is 7.16. The molecule has 0 aliphatic carbocycles. The van der Waals surface area contributed by atoms with Gasteiger partial charge in [0.1, 0.15) is 11.3 Å². The highest BCUT2D eigenvalue weighted by atomic mass is 79.9. The van der Waals surface area contributed by atoms with Gasteiger partial charge in [0.15, 0.2) is 5.82 Å². The summed E-state index contributed by atoms with van der Waals surface area (Å²) in [7, 11) is 0. The van der Waals surface area contributed by atoms with Crippen molar-refractivity contribution < 1.29 is 4.39 Å². The SMILES string of the molecule is C[C@H]1CC[C@H](C)N(c2nc(Cl)nc3c(F)c(Br)c(Cl)cc23)C1. The summed E-state index contributed by atoms with van der Waals surface area (Å²) in [4.78, 5) is 10.6. The Morgan fingerprint density at radius 2 is 2.00 bits per heavy atom. The zero-order valence-corrected chi connectivity index (χ0v) is 15.3. The molecular weight excluding hydrogens is 392 g/mol. The van der Waals surface area contributed by atoms with Gasteiger partial charge in [-0.05, 0) is 59.3 Å². The Kier molecular flexibility index (Phi) is 4.49. The smallest absolute Gasteiger partial charge is 0.225 e. The van der Waals surface area contributed by atoms with Crippen molar-refractivity contribution in [3.8, 4) is 0 Å². The molecule has 0 N–H and O–H groups in total. The summed E-state index contributed by atoms with van der Waals surface area (Å²) < 4.78 is 14.7. The van der Waals surface area contributed by atoms with Crippen LogP contribution in [0.5, 0.6) is 0 Å². The van der Waals surface area contributed by atoms with Crippen molar-refractivity contribution in [3.05, 3.63) is 26.7 Å². The maximum atomic E-state index is 14.5. The summed E-state index contributed by atoms with van der Waals surface area (Å²) in [6.07, 6.45) is 2.24. The minimum atomic E-state index is -0.509. The first-order valence-corrected chi connectivity index (χ1v) is 8.70. The molecule has 1 aromatic heterocycles. The van der Waals surface area contributed by atoms with Crippen molar-refractivity contribution in [2.45, 2.75) is 32.7 Å². The Morgan fingerprint density at radius 1 is 1.27 bits per heavy atom. The molecule has 118 valence electrons. The average Bonchev–Trinajstić information content (AvgIpc) is 2.48. The van der Waals surface area contributed by atoms with E-state index in [4.69, 9.17) is 23.2 Å². The van der Waals surface area contributed by atoms with Crippen LogP contribution in [0.2, 0.25) is 10.3 Å². The van der Waals surface area contributed by atoms with Gasteiger partial charge in [0.05, 0.1) is 9.50 Å². The molecule has 2 atom stereocenters. The minimum Gasteiger partial charge on any atom is -0.353 e. The van der Waals surface area contributed by atoms with Crippen LogP contribution in [-0.2, 0) is 0 Å². The number of anilines is 1. The van der Waals surface area contributed by atoms with Crippen molar-refractivity contribution in [1.29, 1.82) is 0 Å². The first-order chi connectivity index (χ1) is 10.4. The molecule has 2 heterocycles. The number of halogens is 4. The van der Waals surface area contributed by atoms with Crippen LogP contribution in [-0.4, -0.2) is 22.6 Å². The van der Waals surface area contributed by atoms with Crippen molar-refractivity contribution in [1.82, 2.24) is 9.97 Å². The van der Waals surface area contributed by atoms with E-state index in [9.17, 15) is 4.39 Å². The van der Waals surface area contributed by atoms with Gasteiger partial charge in [0, 0.05) is 18.0 Å². The van der Waals surface area contributed by atoms with Crippen LogP contribution in [0.15, 0.2) is 10.5 Å². The third kappa shape index (κ3) is 2.79. The van der Waals surface area contributed by atoms with Crippen LogP contribution >= 0.6 is 39.1 Å². The van der Waals surface area contributed by atoms with E-state index in [0.717, 1.165) is 13.0 Å². The summed E-state index contributed by atoms with van der Waals surface area (Å²) >= 11 is 15.3. The Balaban J connectivity index is 2.25. The van der Waals surface area contributed by atoms with E-state index in [1.165, 1.54) is 6.42 Å². The lowest BCUT2D eigenvalue weighted by Gasteiger charge is -2.38. The highest BCUT2D eigenvalue weighted by Gasteiger charge is 2.27. The Bertz CT molecular complexity index is 741. The number of piperidine rings is 1. The van der Waals surface area contributed by atoms with E-state index < -0.39 is 5.82 Å². The van der Waals surface area contributed by atoms with E-state index in [1.807, 2.05) is 0 Å². The molecule has 1 aromatic carbocycles. The molecule has 0 saturated carbocycles. The number of aromatic nitrogens is 2. The van der Waals surface area contributed by atoms with Gasteiger partial charge in [-0.3, -0.25) is 0 Å². The summed E-state index contributed by atoms with van der Waals surface area (Å²) in [5.74, 6) is 0.698. The predicted octanol–water partition coefficient (Wildman–Crippen LogP) is 5.46. The van der Waals surface area contributed by atoms with Crippen LogP contribution in [0.3, 0.4) is 0 Å². The van der Waals surface area contributed by atoms with E-state index in [0.29, 0.717) is 28.2 Å². The molecule has 7 heteroatoms. The molecule has 0 unspecified atom stereocenters. The molecular formula is C15H15BrCl2FN3.